The highest BCUT2D eigenvalue weighted by molar-refractivity contribution is 6.30. The Morgan fingerprint density at radius 1 is 1.11 bits per heavy atom. The van der Waals surface area contributed by atoms with Crippen LogP contribution in [-0.4, -0.2) is 10.7 Å². The Bertz CT molecular complexity index is 897. The van der Waals surface area contributed by atoms with Crippen molar-refractivity contribution < 1.29 is 4.74 Å². The minimum atomic E-state index is -0.277. The van der Waals surface area contributed by atoms with Crippen LogP contribution in [0.25, 0.3) is 5.70 Å². The van der Waals surface area contributed by atoms with Crippen molar-refractivity contribution in [2.75, 3.05) is 0 Å². The number of hydrogen-bond donors (Lipinski definition) is 1. The highest BCUT2D eigenvalue weighted by Crippen LogP contribution is 2.51. The molecular formula is C23H25ClN2O. The van der Waals surface area contributed by atoms with E-state index in [2.05, 4.69) is 60.7 Å². The van der Waals surface area contributed by atoms with Crippen LogP contribution >= 0.6 is 11.6 Å². The van der Waals surface area contributed by atoms with Crippen LogP contribution in [0.1, 0.15) is 55.3 Å². The predicted octanol–water partition coefficient (Wildman–Crippen LogP) is 5.85. The number of fused-ring (bicyclic) bond motifs is 4. The normalized spacial score (nSPS) is 29.5. The molecule has 2 aromatic rings. The van der Waals surface area contributed by atoms with Crippen molar-refractivity contribution in [3.63, 3.8) is 0 Å². The minimum Gasteiger partial charge on any atom is -0.470 e. The first kappa shape index (κ1) is 17.2. The van der Waals surface area contributed by atoms with E-state index < -0.39 is 0 Å². The number of nitrogens with zero attached hydrogens (tertiary/aromatic N) is 1. The van der Waals surface area contributed by atoms with Gasteiger partial charge in [0.1, 0.15) is 5.75 Å². The molecule has 1 fully saturated rings. The molecule has 3 aliphatic rings. The molecule has 140 valence electrons. The van der Waals surface area contributed by atoms with Crippen molar-refractivity contribution >= 4 is 17.3 Å². The van der Waals surface area contributed by atoms with Gasteiger partial charge < -0.3 is 10.2 Å². The monoisotopic (exact) mass is 380 g/mol. The molecule has 0 radical (unpaired) electrons. The lowest BCUT2D eigenvalue weighted by Crippen LogP contribution is -2.61. The molecule has 0 bridgehead atoms. The zero-order valence-electron chi connectivity index (χ0n) is 15.8. The molecule has 0 unspecified atom stereocenters. The van der Waals surface area contributed by atoms with Crippen LogP contribution in [0.15, 0.2) is 48.5 Å². The van der Waals surface area contributed by atoms with E-state index in [9.17, 15) is 0 Å². The van der Waals surface area contributed by atoms with E-state index in [1.807, 2.05) is 12.1 Å². The quantitative estimate of drug-likeness (QED) is 0.671. The van der Waals surface area contributed by atoms with E-state index in [0.717, 1.165) is 40.8 Å². The van der Waals surface area contributed by atoms with Gasteiger partial charge in [-0.1, -0.05) is 48.9 Å². The number of para-hydroxylation sites is 1. The van der Waals surface area contributed by atoms with E-state index >= 15 is 0 Å². The van der Waals surface area contributed by atoms with Crippen molar-refractivity contribution in [1.82, 2.24) is 10.4 Å². The summed E-state index contributed by atoms with van der Waals surface area (Å²) in [6, 6.07) is 14.7. The summed E-state index contributed by atoms with van der Waals surface area (Å²) < 4.78 is 6.77. The van der Waals surface area contributed by atoms with E-state index in [0.29, 0.717) is 0 Å². The maximum absolute atomic E-state index is 6.77. The summed E-state index contributed by atoms with van der Waals surface area (Å²) in [5.41, 5.74) is 8.17. The molecule has 1 N–H and O–H groups in total. The third kappa shape index (κ3) is 2.76. The topological polar surface area (TPSA) is 24.5 Å². The second-order valence-electron chi connectivity index (χ2n) is 8.24. The number of ether oxygens (including phenoxy) is 1. The SMILES string of the molecule is Cc1cccc2c1OC1(CCC(C)CC1)N1NC(c3ccc(Cl)cc3)=C[C@@H]21. The standard InChI is InChI=1S/C23H25ClN2O/c1-15-10-12-23(13-11-15)26-21(19-5-3-4-16(2)22(19)27-23)14-20(25-26)17-6-8-18(24)9-7-17/h3-9,14-15,21,25H,10-13H2,1-2H3/t15?,21-,23?/m0/s1. The second kappa shape index (κ2) is 6.29. The predicted molar refractivity (Wildman–Crippen MR) is 109 cm³/mol. The maximum Gasteiger partial charge on any atom is 0.180 e. The number of hydrogen-bond acceptors (Lipinski definition) is 3. The van der Waals surface area contributed by atoms with Crippen LogP contribution in [0, 0.1) is 12.8 Å². The number of rotatable bonds is 1. The molecule has 4 heteroatoms. The average molecular weight is 381 g/mol. The van der Waals surface area contributed by atoms with Gasteiger partial charge in [0.15, 0.2) is 5.72 Å². The third-order valence-electron chi connectivity index (χ3n) is 6.35. The fourth-order valence-corrected chi connectivity index (χ4v) is 4.81. The van der Waals surface area contributed by atoms with Crippen LogP contribution in [0.2, 0.25) is 5.02 Å². The van der Waals surface area contributed by atoms with Gasteiger partial charge in [-0.2, -0.15) is 5.01 Å². The first-order chi connectivity index (χ1) is 13.1. The molecule has 5 rings (SSSR count). The Balaban J connectivity index is 1.59. The fraction of sp³-hybridized carbons (Fsp3) is 0.391. The van der Waals surface area contributed by atoms with Gasteiger partial charge in [-0.3, -0.25) is 0 Å². The van der Waals surface area contributed by atoms with Gasteiger partial charge in [0, 0.05) is 23.4 Å². The molecule has 1 aliphatic carbocycles. The summed E-state index contributed by atoms with van der Waals surface area (Å²) in [4.78, 5) is 0. The first-order valence-corrected chi connectivity index (χ1v) is 10.3. The van der Waals surface area contributed by atoms with Crippen molar-refractivity contribution in [2.24, 2.45) is 5.92 Å². The van der Waals surface area contributed by atoms with Crippen LogP contribution in [0.5, 0.6) is 5.75 Å². The highest BCUT2D eigenvalue weighted by Gasteiger charge is 2.51. The number of hydrazine groups is 1. The molecule has 0 aromatic heterocycles. The summed E-state index contributed by atoms with van der Waals surface area (Å²) >= 11 is 6.08. The lowest BCUT2D eigenvalue weighted by Gasteiger charge is -2.51. The average Bonchev–Trinajstić information content (AvgIpc) is 3.12. The van der Waals surface area contributed by atoms with Crippen LogP contribution < -0.4 is 10.2 Å². The van der Waals surface area contributed by atoms with Gasteiger partial charge in [0.25, 0.3) is 0 Å². The number of halogens is 1. The van der Waals surface area contributed by atoms with Gasteiger partial charge in [-0.25, -0.2) is 0 Å². The molecule has 27 heavy (non-hydrogen) atoms. The van der Waals surface area contributed by atoms with E-state index in [-0.39, 0.29) is 11.8 Å². The molecule has 0 saturated heterocycles. The smallest absolute Gasteiger partial charge is 0.180 e. The van der Waals surface area contributed by atoms with Gasteiger partial charge in [0.2, 0.25) is 0 Å². The van der Waals surface area contributed by atoms with Crippen LogP contribution in [-0.2, 0) is 0 Å². The van der Waals surface area contributed by atoms with E-state index in [1.54, 1.807) is 0 Å². The summed E-state index contributed by atoms with van der Waals surface area (Å²) in [6.07, 6.45) is 6.83. The van der Waals surface area contributed by atoms with Crippen molar-refractivity contribution in [2.45, 2.75) is 51.3 Å². The molecule has 3 nitrogen and oxygen atoms in total. The zero-order valence-corrected chi connectivity index (χ0v) is 16.6. The van der Waals surface area contributed by atoms with Crippen LogP contribution in [0.3, 0.4) is 0 Å². The Morgan fingerprint density at radius 2 is 1.85 bits per heavy atom. The Morgan fingerprint density at radius 3 is 2.59 bits per heavy atom. The summed E-state index contributed by atoms with van der Waals surface area (Å²) in [6.45, 7) is 4.50. The number of aryl methyl sites for hydroxylation is 1. The summed E-state index contributed by atoms with van der Waals surface area (Å²) in [7, 11) is 0. The maximum atomic E-state index is 6.77. The van der Waals surface area contributed by atoms with Crippen LogP contribution in [0.4, 0.5) is 0 Å². The van der Waals surface area contributed by atoms with E-state index in [4.69, 9.17) is 16.3 Å². The fourth-order valence-electron chi connectivity index (χ4n) is 4.69. The van der Waals surface area contributed by atoms with E-state index in [1.165, 1.54) is 24.0 Å². The van der Waals surface area contributed by atoms with Gasteiger partial charge >= 0.3 is 0 Å². The molecule has 1 spiro atoms. The van der Waals surface area contributed by atoms with Gasteiger partial charge in [-0.15, -0.1) is 0 Å². The Hall–Kier alpha value is -1.97. The number of benzene rings is 2. The van der Waals surface area contributed by atoms with Crippen molar-refractivity contribution in [3.8, 4) is 5.75 Å². The van der Waals surface area contributed by atoms with Crippen molar-refractivity contribution in [3.05, 3.63) is 70.3 Å². The molecular weight excluding hydrogens is 356 g/mol. The lowest BCUT2D eigenvalue weighted by molar-refractivity contribution is -0.155. The third-order valence-corrected chi connectivity index (χ3v) is 6.60. The highest BCUT2D eigenvalue weighted by atomic mass is 35.5. The van der Waals surface area contributed by atoms with Gasteiger partial charge in [0.05, 0.1) is 11.7 Å². The second-order valence-corrected chi connectivity index (χ2v) is 8.67. The van der Waals surface area contributed by atoms with Gasteiger partial charge in [-0.05, 0) is 55.0 Å². The molecule has 0 amide bonds. The Labute approximate surface area is 165 Å². The Kier molecular flexibility index (Phi) is 3.99. The minimum absolute atomic E-state index is 0.188. The lowest BCUT2D eigenvalue weighted by atomic mass is 9.82. The molecule has 1 saturated carbocycles. The molecule has 2 aliphatic heterocycles. The summed E-state index contributed by atoms with van der Waals surface area (Å²) in [5, 5.41) is 3.13. The summed E-state index contributed by atoms with van der Waals surface area (Å²) in [5.74, 6) is 1.84. The molecule has 2 heterocycles. The number of nitrogens with one attached hydrogen (secondary N) is 1. The molecule has 2 aromatic carbocycles. The first-order valence-electron chi connectivity index (χ1n) is 9.88. The molecule has 1 atom stereocenters. The zero-order chi connectivity index (χ0) is 18.6. The largest absolute Gasteiger partial charge is 0.470 e. The van der Waals surface area contributed by atoms with Crippen molar-refractivity contribution in [1.29, 1.82) is 0 Å².